The van der Waals surface area contributed by atoms with Crippen molar-refractivity contribution in [2.75, 3.05) is 39.3 Å². The molecular weight excluding hydrogens is 302 g/mol. The molecule has 3 rings (SSSR count). The number of rotatable bonds is 7. The Balaban J connectivity index is 1.93. The number of aromatic nitrogens is 4. The lowest BCUT2D eigenvalue weighted by atomic mass is 10.1. The van der Waals surface area contributed by atoms with Gasteiger partial charge in [0.1, 0.15) is 12.9 Å². The number of nitrogens with zero attached hydrogens (tertiary/aromatic N) is 4. The van der Waals surface area contributed by atoms with Gasteiger partial charge in [0.2, 0.25) is 11.8 Å². The van der Waals surface area contributed by atoms with Gasteiger partial charge in [-0.25, -0.2) is 4.98 Å². The molecule has 23 heavy (non-hydrogen) atoms. The molecule has 2 aromatic heterocycles. The summed E-state index contributed by atoms with van der Waals surface area (Å²) in [7, 11) is 1.58. The summed E-state index contributed by atoms with van der Waals surface area (Å²) in [6, 6.07) is 0. The van der Waals surface area contributed by atoms with Crippen molar-refractivity contribution in [3.8, 4) is 5.88 Å². The van der Waals surface area contributed by atoms with E-state index in [1.54, 1.807) is 24.2 Å². The van der Waals surface area contributed by atoms with E-state index >= 15 is 0 Å². The normalized spacial score (nSPS) is 17.8. The summed E-state index contributed by atoms with van der Waals surface area (Å²) in [6.07, 6.45) is 4.01. The number of anilines is 1. The second-order valence-electron chi connectivity index (χ2n) is 5.48. The SMILES string of the molecule is COCCOc1nc(N)nc2c1ncn2/C=C1/CC1(CO)CO. The van der Waals surface area contributed by atoms with Crippen LogP contribution in [-0.4, -0.2) is 63.3 Å². The van der Waals surface area contributed by atoms with Crippen LogP contribution in [0.2, 0.25) is 0 Å². The average Bonchev–Trinajstić information content (AvgIpc) is 3.11. The van der Waals surface area contributed by atoms with Crippen molar-refractivity contribution in [1.29, 1.82) is 0 Å². The first-order valence-electron chi connectivity index (χ1n) is 7.18. The lowest BCUT2D eigenvalue weighted by molar-refractivity contribution is 0.143. The summed E-state index contributed by atoms with van der Waals surface area (Å²) < 4.78 is 12.2. The molecule has 0 bridgehead atoms. The van der Waals surface area contributed by atoms with E-state index in [-0.39, 0.29) is 19.2 Å². The van der Waals surface area contributed by atoms with E-state index in [9.17, 15) is 10.2 Å². The topological polar surface area (TPSA) is 129 Å². The van der Waals surface area contributed by atoms with Gasteiger partial charge in [-0.2, -0.15) is 9.97 Å². The monoisotopic (exact) mass is 321 g/mol. The quantitative estimate of drug-likeness (QED) is 0.590. The van der Waals surface area contributed by atoms with Gasteiger partial charge in [0.15, 0.2) is 11.2 Å². The fourth-order valence-corrected chi connectivity index (χ4v) is 2.36. The third-order valence-corrected chi connectivity index (χ3v) is 3.92. The highest BCUT2D eigenvalue weighted by atomic mass is 16.5. The number of aliphatic hydroxyl groups excluding tert-OH is 2. The van der Waals surface area contributed by atoms with Crippen molar-refractivity contribution in [3.63, 3.8) is 0 Å². The van der Waals surface area contributed by atoms with Crippen molar-refractivity contribution in [2.24, 2.45) is 5.41 Å². The molecule has 9 heteroatoms. The van der Waals surface area contributed by atoms with Crippen LogP contribution in [0.25, 0.3) is 17.4 Å². The van der Waals surface area contributed by atoms with Gasteiger partial charge < -0.3 is 25.4 Å². The Morgan fingerprint density at radius 1 is 1.35 bits per heavy atom. The van der Waals surface area contributed by atoms with Crippen LogP contribution in [0.15, 0.2) is 11.9 Å². The predicted octanol–water partition coefficient (Wildman–Crippen LogP) is -0.351. The first kappa shape index (κ1) is 15.7. The molecular formula is C14H19N5O4. The number of nitrogens with two attached hydrogens (primary N) is 1. The van der Waals surface area contributed by atoms with Crippen LogP contribution in [0.3, 0.4) is 0 Å². The number of ether oxygens (including phenoxy) is 2. The smallest absolute Gasteiger partial charge is 0.247 e. The average molecular weight is 321 g/mol. The standard InChI is InChI=1S/C14H19N5O4/c1-22-2-3-23-12-10-11(17-13(15)18-12)19(8-16-10)5-9-4-14(9,6-20)7-21/h5,8,20-21H,2-4,6-7H2,1H3,(H2,15,17,18)/b9-5-. The maximum Gasteiger partial charge on any atom is 0.247 e. The Morgan fingerprint density at radius 3 is 2.78 bits per heavy atom. The van der Waals surface area contributed by atoms with E-state index in [2.05, 4.69) is 15.0 Å². The van der Waals surface area contributed by atoms with Crippen molar-refractivity contribution >= 4 is 23.3 Å². The van der Waals surface area contributed by atoms with Crippen LogP contribution in [-0.2, 0) is 4.74 Å². The van der Waals surface area contributed by atoms with E-state index in [1.165, 1.54) is 0 Å². The molecule has 0 amide bonds. The van der Waals surface area contributed by atoms with E-state index in [4.69, 9.17) is 15.2 Å². The van der Waals surface area contributed by atoms with Gasteiger partial charge in [0, 0.05) is 18.7 Å². The Kier molecular flexibility index (Phi) is 4.16. The predicted molar refractivity (Wildman–Crippen MR) is 82.6 cm³/mol. The van der Waals surface area contributed by atoms with Crippen molar-refractivity contribution in [1.82, 2.24) is 19.5 Å². The van der Waals surface area contributed by atoms with Gasteiger partial charge >= 0.3 is 0 Å². The Morgan fingerprint density at radius 2 is 2.13 bits per heavy atom. The zero-order valence-corrected chi connectivity index (χ0v) is 12.8. The molecule has 1 aliphatic rings. The van der Waals surface area contributed by atoms with E-state index < -0.39 is 5.41 Å². The number of methoxy groups -OCH3 is 1. The van der Waals surface area contributed by atoms with Gasteiger partial charge in [-0.3, -0.25) is 4.57 Å². The number of aliphatic hydroxyl groups is 2. The Labute approximate surface area is 132 Å². The fraction of sp³-hybridized carbons (Fsp3) is 0.500. The summed E-state index contributed by atoms with van der Waals surface area (Å²) in [6.45, 7) is 0.564. The van der Waals surface area contributed by atoms with Crippen molar-refractivity contribution in [2.45, 2.75) is 6.42 Å². The second-order valence-corrected chi connectivity index (χ2v) is 5.48. The molecule has 1 fully saturated rings. The van der Waals surface area contributed by atoms with Crippen LogP contribution >= 0.6 is 0 Å². The van der Waals surface area contributed by atoms with Gasteiger partial charge in [-0.15, -0.1) is 0 Å². The number of nitrogen functional groups attached to an aromatic ring is 1. The highest BCUT2D eigenvalue weighted by Crippen LogP contribution is 2.51. The van der Waals surface area contributed by atoms with E-state index in [0.717, 1.165) is 5.57 Å². The van der Waals surface area contributed by atoms with Crippen LogP contribution in [0.4, 0.5) is 5.95 Å². The van der Waals surface area contributed by atoms with Crippen molar-refractivity contribution in [3.05, 3.63) is 11.9 Å². The molecule has 0 radical (unpaired) electrons. The molecule has 9 nitrogen and oxygen atoms in total. The first-order valence-corrected chi connectivity index (χ1v) is 7.18. The molecule has 1 aliphatic carbocycles. The Hall–Kier alpha value is -2.23. The highest BCUT2D eigenvalue weighted by molar-refractivity contribution is 5.79. The Bertz CT molecular complexity index is 738. The number of hydrogen-bond acceptors (Lipinski definition) is 8. The minimum absolute atomic E-state index is 0.0800. The summed E-state index contributed by atoms with van der Waals surface area (Å²) in [5, 5.41) is 18.7. The van der Waals surface area contributed by atoms with E-state index in [1.807, 2.05) is 0 Å². The molecule has 2 aromatic rings. The highest BCUT2D eigenvalue weighted by Gasteiger charge is 2.48. The van der Waals surface area contributed by atoms with Gasteiger partial charge in [0.25, 0.3) is 0 Å². The van der Waals surface area contributed by atoms with Crippen LogP contribution in [0.5, 0.6) is 5.88 Å². The minimum atomic E-state index is -0.535. The second kappa shape index (κ2) is 6.11. The number of imidazole rings is 1. The lowest BCUT2D eigenvalue weighted by Crippen LogP contribution is -2.12. The fourth-order valence-electron chi connectivity index (χ4n) is 2.36. The molecule has 124 valence electrons. The van der Waals surface area contributed by atoms with Crippen molar-refractivity contribution < 1.29 is 19.7 Å². The maximum absolute atomic E-state index is 9.37. The molecule has 0 spiro atoms. The van der Waals surface area contributed by atoms with Crippen LogP contribution in [0, 0.1) is 5.41 Å². The third kappa shape index (κ3) is 2.85. The maximum atomic E-state index is 9.37. The van der Waals surface area contributed by atoms with Crippen LogP contribution in [0.1, 0.15) is 6.42 Å². The van der Waals surface area contributed by atoms with Gasteiger partial charge in [-0.05, 0) is 12.0 Å². The molecule has 0 aromatic carbocycles. The molecule has 0 unspecified atom stereocenters. The molecule has 0 atom stereocenters. The molecule has 2 heterocycles. The lowest BCUT2D eigenvalue weighted by Gasteiger charge is -2.06. The van der Waals surface area contributed by atoms with Crippen LogP contribution < -0.4 is 10.5 Å². The summed E-state index contributed by atoms with van der Waals surface area (Å²) in [5.41, 5.74) is 7.13. The number of hydrogen-bond donors (Lipinski definition) is 3. The molecule has 0 aliphatic heterocycles. The molecule has 4 N–H and O–H groups in total. The molecule has 1 saturated carbocycles. The van der Waals surface area contributed by atoms with Gasteiger partial charge in [0.05, 0.1) is 19.8 Å². The first-order chi connectivity index (χ1) is 11.1. The third-order valence-electron chi connectivity index (χ3n) is 3.92. The zero-order chi connectivity index (χ0) is 16.4. The summed E-state index contributed by atoms with van der Waals surface area (Å²) in [4.78, 5) is 12.5. The zero-order valence-electron chi connectivity index (χ0n) is 12.8. The molecule has 0 saturated heterocycles. The summed E-state index contributed by atoms with van der Waals surface area (Å²) >= 11 is 0. The van der Waals surface area contributed by atoms with E-state index in [0.29, 0.717) is 36.7 Å². The van der Waals surface area contributed by atoms with Gasteiger partial charge in [-0.1, -0.05) is 0 Å². The minimum Gasteiger partial charge on any atom is -0.474 e. The summed E-state index contributed by atoms with van der Waals surface area (Å²) in [5.74, 6) is 0.379. The number of fused-ring (bicyclic) bond motifs is 1. The largest absolute Gasteiger partial charge is 0.474 e.